The van der Waals surface area contributed by atoms with E-state index >= 15 is 0 Å². The van der Waals surface area contributed by atoms with Crippen molar-refractivity contribution < 1.29 is 14.0 Å². The van der Waals surface area contributed by atoms with Crippen molar-refractivity contribution in [2.75, 3.05) is 6.16 Å². The summed E-state index contributed by atoms with van der Waals surface area (Å²) in [6, 6.07) is 9.27. The average molecular weight is 212 g/mol. The number of allylic oxidation sites excluding steroid dienone is 1. The highest BCUT2D eigenvalue weighted by Gasteiger charge is 2.16. The van der Waals surface area contributed by atoms with E-state index in [-0.39, 0.29) is 12.8 Å². The summed E-state index contributed by atoms with van der Waals surface area (Å²) in [5.74, 6) is 0. The Kier molecular flexibility index (Phi) is 4.08. The van der Waals surface area contributed by atoms with Crippen LogP contribution in [0.25, 0.3) is 0 Å². The first kappa shape index (κ1) is 11.2. The van der Waals surface area contributed by atoms with E-state index in [1.807, 2.05) is 30.3 Å². The fourth-order valence-electron chi connectivity index (χ4n) is 0.965. The lowest BCUT2D eigenvalue weighted by atomic mass is 10.2. The van der Waals surface area contributed by atoms with E-state index in [1.54, 1.807) is 0 Å². The predicted molar refractivity (Wildman–Crippen MR) is 56.1 cm³/mol. The second-order valence-corrected chi connectivity index (χ2v) is 4.77. The van der Waals surface area contributed by atoms with Gasteiger partial charge in [0.05, 0.1) is 12.8 Å². The first-order valence-electron chi connectivity index (χ1n) is 4.25. The molecule has 0 saturated carbocycles. The van der Waals surface area contributed by atoms with Gasteiger partial charge in [-0.3, -0.25) is 4.57 Å². The van der Waals surface area contributed by atoms with Crippen molar-refractivity contribution in [3.05, 3.63) is 48.6 Å². The molecule has 0 aromatic heterocycles. The van der Waals surface area contributed by atoms with Crippen LogP contribution in [0.4, 0.5) is 0 Å². The molecule has 0 aliphatic heterocycles. The van der Waals surface area contributed by atoms with Crippen LogP contribution < -0.4 is 0 Å². The van der Waals surface area contributed by atoms with E-state index in [9.17, 15) is 9.46 Å². The quantitative estimate of drug-likeness (QED) is 0.602. The van der Waals surface area contributed by atoms with Crippen molar-refractivity contribution in [2.45, 2.75) is 6.61 Å². The summed E-state index contributed by atoms with van der Waals surface area (Å²) in [4.78, 5) is 9.24. The van der Waals surface area contributed by atoms with Gasteiger partial charge in [-0.05, 0) is 5.56 Å². The van der Waals surface area contributed by atoms with Gasteiger partial charge < -0.3 is 9.42 Å². The van der Waals surface area contributed by atoms with Gasteiger partial charge in [-0.2, -0.15) is 0 Å². The molecule has 0 radical (unpaired) electrons. The molecule has 1 unspecified atom stereocenters. The highest BCUT2D eigenvalue weighted by molar-refractivity contribution is 7.52. The lowest BCUT2D eigenvalue weighted by Gasteiger charge is -2.09. The molecule has 0 fully saturated rings. The van der Waals surface area contributed by atoms with Crippen molar-refractivity contribution in [3.8, 4) is 0 Å². The molecule has 0 spiro atoms. The van der Waals surface area contributed by atoms with E-state index in [4.69, 9.17) is 4.52 Å². The fraction of sp³-hybridized carbons (Fsp3) is 0.200. The van der Waals surface area contributed by atoms with Crippen LogP contribution in [0.1, 0.15) is 5.56 Å². The maximum absolute atomic E-state index is 11.2. The normalized spacial score (nSPS) is 14.6. The number of rotatable bonds is 5. The van der Waals surface area contributed by atoms with Crippen molar-refractivity contribution in [1.29, 1.82) is 0 Å². The second kappa shape index (κ2) is 5.11. The summed E-state index contributed by atoms with van der Waals surface area (Å²) >= 11 is 0. The SMILES string of the molecule is C=CCP(=O)(O)OCc1ccccc1. The van der Waals surface area contributed by atoms with Gasteiger partial charge in [0.25, 0.3) is 0 Å². The number of benzene rings is 1. The maximum Gasteiger partial charge on any atom is 0.332 e. The van der Waals surface area contributed by atoms with Gasteiger partial charge in [-0.1, -0.05) is 36.4 Å². The minimum atomic E-state index is -3.48. The molecule has 0 heterocycles. The van der Waals surface area contributed by atoms with Gasteiger partial charge in [0, 0.05) is 0 Å². The third kappa shape index (κ3) is 3.88. The molecule has 1 aromatic carbocycles. The zero-order valence-corrected chi connectivity index (χ0v) is 8.69. The highest BCUT2D eigenvalue weighted by Crippen LogP contribution is 2.42. The minimum absolute atomic E-state index is 0.0141. The third-order valence-electron chi connectivity index (χ3n) is 1.64. The van der Waals surface area contributed by atoms with Gasteiger partial charge in [0.1, 0.15) is 0 Å². The Morgan fingerprint density at radius 3 is 2.64 bits per heavy atom. The fourth-order valence-corrected chi connectivity index (χ4v) is 1.75. The monoisotopic (exact) mass is 212 g/mol. The van der Waals surface area contributed by atoms with Gasteiger partial charge in [-0.15, -0.1) is 6.58 Å². The van der Waals surface area contributed by atoms with E-state index in [1.165, 1.54) is 6.08 Å². The van der Waals surface area contributed by atoms with Gasteiger partial charge in [0.15, 0.2) is 0 Å². The Bertz CT molecular complexity index is 334. The van der Waals surface area contributed by atoms with Gasteiger partial charge in [-0.25, -0.2) is 0 Å². The Hall–Kier alpha value is -0.890. The van der Waals surface area contributed by atoms with Crippen LogP contribution in [0.3, 0.4) is 0 Å². The van der Waals surface area contributed by atoms with Crippen molar-refractivity contribution in [1.82, 2.24) is 0 Å². The molecule has 1 aromatic rings. The summed E-state index contributed by atoms with van der Waals surface area (Å²) in [6.07, 6.45) is 1.37. The first-order valence-corrected chi connectivity index (χ1v) is 6.01. The summed E-state index contributed by atoms with van der Waals surface area (Å²) in [5, 5.41) is 0. The lowest BCUT2D eigenvalue weighted by Crippen LogP contribution is -1.93. The molecule has 0 saturated heterocycles. The second-order valence-electron chi connectivity index (χ2n) is 2.87. The highest BCUT2D eigenvalue weighted by atomic mass is 31.2. The van der Waals surface area contributed by atoms with Crippen LogP contribution in [0.5, 0.6) is 0 Å². The molecule has 1 N–H and O–H groups in total. The number of hydrogen-bond donors (Lipinski definition) is 1. The van der Waals surface area contributed by atoms with Crippen LogP contribution in [0, 0.1) is 0 Å². The average Bonchev–Trinajstić information content (AvgIpc) is 2.17. The third-order valence-corrected chi connectivity index (χ3v) is 2.89. The van der Waals surface area contributed by atoms with E-state index in [0.29, 0.717) is 0 Å². The smallest absolute Gasteiger partial charge is 0.324 e. The minimum Gasteiger partial charge on any atom is -0.324 e. The Morgan fingerprint density at radius 1 is 1.43 bits per heavy atom. The standard InChI is InChI=1S/C10H13O3P/c1-2-8-14(11,12)13-9-10-6-4-3-5-7-10/h2-7H,1,8-9H2,(H,11,12). The van der Waals surface area contributed by atoms with Crippen LogP contribution in [-0.4, -0.2) is 11.1 Å². The Morgan fingerprint density at radius 2 is 2.07 bits per heavy atom. The molecule has 0 aliphatic carbocycles. The first-order chi connectivity index (χ1) is 6.64. The van der Waals surface area contributed by atoms with Crippen molar-refractivity contribution in [3.63, 3.8) is 0 Å². The lowest BCUT2D eigenvalue weighted by molar-refractivity contribution is 0.252. The maximum atomic E-state index is 11.2. The van der Waals surface area contributed by atoms with Crippen LogP contribution in [-0.2, 0) is 15.7 Å². The molecule has 0 bridgehead atoms. The molecule has 4 heteroatoms. The summed E-state index contributed by atoms with van der Waals surface area (Å²) in [5.41, 5.74) is 0.880. The number of hydrogen-bond acceptors (Lipinski definition) is 2. The summed E-state index contributed by atoms with van der Waals surface area (Å²) < 4.78 is 16.1. The van der Waals surface area contributed by atoms with E-state index in [0.717, 1.165) is 5.56 Å². The van der Waals surface area contributed by atoms with Crippen molar-refractivity contribution in [2.24, 2.45) is 0 Å². The molecule has 0 amide bonds. The predicted octanol–water partition coefficient (Wildman–Crippen LogP) is 2.57. The molecule has 3 nitrogen and oxygen atoms in total. The largest absolute Gasteiger partial charge is 0.332 e. The zero-order chi connectivity index (χ0) is 10.4. The topological polar surface area (TPSA) is 46.5 Å². The van der Waals surface area contributed by atoms with Crippen molar-refractivity contribution >= 4 is 7.60 Å². The summed E-state index contributed by atoms with van der Waals surface area (Å²) in [6.45, 7) is 3.54. The van der Waals surface area contributed by atoms with Gasteiger partial charge >= 0.3 is 7.60 Å². The molecule has 1 rings (SSSR count). The zero-order valence-electron chi connectivity index (χ0n) is 7.80. The molecule has 14 heavy (non-hydrogen) atoms. The molecule has 1 atom stereocenters. The summed E-state index contributed by atoms with van der Waals surface area (Å²) in [7, 11) is -3.48. The van der Waals surface area contributed by atoms with E-state index < -0.39 is 7.60 Å². The molecular formula is C10H13O3P. The van der Waals surface area contributed by atoms with Crippen LogP contribution >= 0.6 is 7.60 Å². The molecular weight excluding hydrogens is 199 g/mol. The van der Waals surface area contributed by atoms with Gasteiger partial charge in [0.2, 0.25) is 0 Å². The van der Waals surface area contributed by atoms with Crippen LogP contribution in [0.2, 0.25) is 0 Å². The molecule has 76 valence electrons. The van der Waals surface area contributed by atoms with Crippen LogP contribution in [0.15, 0.2) is 43.0 Å². The van der Waals surface area contributed by atoms with E-state index in [2.05, 4.69) is 6.58 Å². The molecule has 0 aliphatic rings. The Balaban J connectivity index is 2.49. The Labute approximate surface area is 83.6 Å².